The van der Waals surface area contributed by atoms with Crippen molar-refractivity contribution in [2.24, 2.45) is 0 Å². The van der Waals surface area contributed by atoms with Gasteiger partial charge in [0, 0.05) is 17.4 Å². The molecule has 0 radical (unpaired) electrons. The highest BCUT2D eigenvalue weighted by Gasteiger charge is 2.15. The predicted molar refractivity (Wildman–Crippen MR) is 60.8 cm³/mol. The van der Waals surface area contributed by atoms with E-state index in [1.165, 1.54) is 11.1 Å². The molecule has 1 heterocycles. The Labute approximate surface area is 89.1 Å². The Morgan fingerprint density at radius 1 is 1.43 bits per heavy atom. The summed E-state index contributed by atoms with van der Waals surface area (Å²) >= 11 is 4.39. The molecule has 1 aromatic carbocycles. The van der Waals surface area contributed by atoms with Crippen molar-refractivity contribution in [3.05, 3.63) is 29.3 Å². The molecule has 2 nitrogen and oxygen atoms in total. The summed E-state index contributed by atoms with van der Waals surface area (Å²) in [7, 11) is 0. The van der Waals surface area contributed by atoms with Crippen molar-refractivity contribution < 1.29 is 4.79 Å². The molecular weight excluding hydrogens is 194 g/mol. The van der Waals surface area contributed by atoms with Crippen LogP contribution in [0.25, 0.3) is 0 Å². The van der Waals surface area contributed by atoms with Crippen molar-refractivity contribution in [3.8, 4) is 0 Å². The van der Waals surface area contributed by atoms with Gasteiger partial charge < -0.3 is 5.32 Å². The molecule has 74 valence electrons. The number of aryl methyl sites for hydroxylation is 1. The minimum atomic E-state index is 0.115. The molecule has 0 saturated heterocycles. The van der Waals surface area contributed by atoms with Crippen LogP contribution in [0.4, 0.5) is 5.69 Å². The fourth-order valence-corrected chi connectivity index (χ4v) is 1.82. The minimum Gasteiger partial charge on any atom is -0.326 e. The SMILES string of the molecule is CC(S)c1ccc2c(c1)CCC(=O)N2. The number of benzene rings is 1. The number of nitrogens with one attached hydrogen (secondary N) is 1. The van der Waals surface area contributed by atoms with Crippen molar-refractivity contribution in [1.82, 2.24) is 0 Å². The lowest BCUT2D eigenvalue weighted by Gasteiger charge is -2.18. The van der Waals surface area contributed by atoms with E-state index >= 15 is 0 Å². The van der Waals surface area contributed by atoms with Crippen molar-refractivity contribution in [2.75, 3.05) is 5.32 Å². The van der Waals surface area contributed by atoms with Crippen LogP contribution in [0.2, 0.25) is 0 Å². The van der Waals surface area contributed by atoms with Crippen LogP contribution in [0.15, 0.2) is 18.2 Å². The predicted octanol–water partition coefficient (Wildman–Crippen LogP) is 2.56. The summed E-state index contributed by atoms with van der Waals surface area (Å²) in [5.41, 5.74) is 3.39. The third-order valence-electron chi connectivity index (χ3n) is 2.51. The molecule has 1 aromatic rings. The standard InChI is InChI=1S/C11H13NOS/c1-7(14)8-2-4-10-9(6-8)3-5-11(13)12-10/h2,4,6-7,14H,3,5H2,1H3,(H,12,13). The molecule has 1 aliphatic heterocycles. The van der Waals surface area contributed by atoms with Crippen LogP contribution in [0.5, 0.6) is 0 Å². The van der Waals surface area contributed by atoms with Crippen LogP contribution in [0.3, 0.4) is 0 Å². The molecule has 0 aromatic heterocycles. The average molecular weight is 207 g/mol. The lowest BCUT2D eigenvalue weighted by molar-refractivity contribution is -0.116. The van der Waals surface area contributed by atoms with Gasteiger partial charge in [-0.25, -0.2) is 0 Å². The summed E-state index contributed by atoms with van der Waals surface area (Å²) in [6.45, 7) is 2.05. The van der Waals surface area contributed by atoms with E-state index in [9.17, 15) is 4.79 Å². The Morgan fingerprint density at radius 3 is 2.93 bits per heavy atom. The quantitative estimate of drug-likeness (QED) is 0.681. The molecule has 0 bridgehead atoms. The van der Waals surface area contributed by atoms with Crippen molar-refractivity contribution >= 4 is 24.2 Å². The first-order valence-corrected chi connectivity index (χ1v) is 5.29. The molecule has 1 aliphatic rings. The first kappa shape index (κ1) is 9.59. The largest absolute Gasteiger partial charge is 0.326 e. The fourth-order valence-electron chi connectivity index (χ4n) is 1.66. The highest BCUT2D eigenvalue weighted by atomic mass is 32.1. The van der Waals surface area contributed by atoms with E-state index in [1.54, 1.807) is 0 Å². The van der Waals surface area contributed by atoms with Crippen molar-refractivity contribution in [3.63, 3.8) is 0 Å². The molecular formula is C11H13NOS. The second kappa shape index (κ2) is 3.65. The molecule has 0 fully saturated rings. The first-order valence-electron chi connectivity index (χ1n) is 4.77. The molecule has 1 atom stereocenters. The van der Waals surface area contributed by atoms with Crippen LogP contribution in [-0.2, 0) is 11.2 Å². The van der Waals surface area contributed by atoms with Gasteiger partial charge in [0.05, 0.1) is 0 Å². The van der Waals surface area contributed by atoms with Gasteiger partial charge in [-0.3, -0.25) is 4.79 Å². The number of thiol groups is 1. The summed E-state index contributed by atoms with van der Waals surface area (Å²) in [5, 5.41) is 3.11. The number of amides is 1. The van der Waals surface area contributed by atoms with E-state index in [2.05, 4.69) is 24.0 Å². The second-order valence-electron chi connectivity index (χ2n) is 3.64. The third kappa shape index (κ3) is 1.77. The zero-order chi connectivity index (χ0) is 10.1. The van der Waals surface area contributed by atoms with Crippen LogP contribution < -0.4 is 5.32 Å². The van der Waals surface area contributed by atoms with Gasteiger partial charge in [-0.1, -0.05) is 12.1 Å². The van der Waals surface area contributed by atoms with E-state index in [1.807, 2.05) is 19.1 Å². The van der Waals surface area contributed by atoms with Gasteiger partial charge in [0.25, 0.3) is 0 Å². The van der Waals surface area contributed by atoms with E-state index in [-0.39, 0.29) is 11.2 Å². The lowest BCUT2D eigenvalue weighted by atomic mass is 9.99. The van der Waals surface area contributed by atoms with Gasteiger partial charge in [0.1, 0.15) is 0 Å². The Kier molecular flexibility index (Phi) is 2.50. The fraction of sp³-hybridized carbons (Fsp3) is 0.364. The molecule has 0 aliphatic carbocycles. The number of carbonyl (C=O) groups is 1. The van der Waals surface area contributed by atoms with Gasteiger partial charge in [-0.05, 0) is 30.5 Å². The summed E-state index contributed by atoms with van der Waals surface area (Å²) in [6, 6.07) is 6.11. The van der Waals surface area contributed by atoms with Crippen molar-refractivity contribution in [1.29, 1.82) is 0 Å². The molecule has 1 unspecified atom stereocenters. The van der Waals surface area contributed by atoms with Crippen LogP contribution >= 0.6 is 12.6 Å². The normalized spacial score (nSPS) is 17.1. The zero-order valence-electron chi connectivity index (χ0n) is 8.08. The molecule has 0 spiro atoms. The number of rotatable bonds is 1. The van der Waals surface area contributed by atoms with Crippen molar-refractivity contribution in [2.45, 2.75) is 25.0 Å². The van der Waals surface area contributed by atoms with Crippen LogP contribution in [0, 0.1) is 0 Å². The third-order valence-corrected chi connectivity index (χ3v) is 2.81. The Balaban J connectivity index is 2.36. The molecule has 14 heavy (non-hydrogen) atoms. The monoisotopic (exact) mass is 207 g/mol. The lowest BCUT2D eigenvalue weighted by Crippen LogP contribution is -2.18. The average Bonchev–Trinajstić information content (AvgIpc) is 2.16. The topological polar surface area (TPSA) is 29.1 Å². The molecule has 1 amide bonds. The first-order chi connectivity index (χ1) is 6.66. The van der Waals surface area contributed by atoms with Crippen LogP contribution in [-0.4, -0.2) is 5.91 Å². The Morgan fingerprint density at radius 2 is 2.21 bits per heavy atom. The Hall–Kier alpha value is -0.960. The highest BCUT2D eigenvalue weighted by molar-refractivity contribution is 7.80. The zero-order valence-corrected chi connectivity index (χ0v) is 8.97. The molecule has 1 N–H and O–H groups in total. The maximum Gasteiger partial charge on any atom is 0.224 e. The summed E-state index contributed by atoms with van der Waals surface area (Å²) in [4.78, 5) is 11.1. The number of carbonyl (C=O) groups excluding carboxylic acids is 1. The maximum atomic E-state index is 11.1. The molecule has 3 heteroatoms. The number of fused-ring (bicyclic) bond motifs is 1. The minimum absolute atomic E-state index is 0.115. The summed E-state index contributed by atoms with van der Waals surface area (Å²) in [5.74, 6) is 0.115. The number of hydrogen-bond donors (Lipinski definition) is 2. The van der Waals surface area contributed by atoms with Gasteiger partial charge in [0.15, 0.2) is 0 Å². The second-order valence-corrected chi connectivity index (χ2v) is 4.42. The molecule has 0 saturated carbocycles. The van der Waals surface area contributed by atoms with E-state index < -0.39 is 0 Å². The molecule has 2 rings (SSSR count). The van der Waals surface area contributed by atoms with Gasteiger partial charge >= 0.3 is 0 Å². The van der Waals surface area contributed by atoms with Gasteiger partial charge in [0.2, 0.25) is 5.91 Å². The Bertz CT molecular complexity index is 374. The van der Waals surface area contributed by atoms with E-state index in [0.29, 0.717) is 6.42 Å². The van der Waals surface area contributed by atoms with E-state index in [4.69, 9.17) is 0 Å². The van der Waals surface area contributed by atoms with Gasteiger partial charge in [-0.2, -0.15) is 12.6 Å². The van der Waals surface area contributed by atoms with E-state index in [0.717, 1.165) is 12.1 Å². The van der Waals surface area contributed by atoms with Gasteiger partial charge in [-0.15, -0.1) is 0 Å². The highest BCUT2D eigenvalue weighted by Crippen LogP contribution is 2.27. The number of hydrogen-bond acceptors (Lipinski definition) is 2. The summed E-state index contributed by atoms with van der Waals surface area (Å²) in [6.07, 6.45) is 1.44. The maximum absolute atomic E-state index is 11.1. The number of anilines is 1. The smallest absolute Gasteiger partial charge is 0.224 e. The summed E-state index contributed by atoms with van der Waals surface area (Å²) < 4.78 is 0. The van der Waals surface area contributed by atoms with Crippen LogP contribution in [0.1, 0.15) is 29.7 Å².